The molecule has 0 aromatic heterocycles. The zero-order valence-electron chi connectivity index (χ0n) is 9.08. The Hall–Kier alpha value is -0.750. The van der Waals surface area contributed by atoms with Gasteiger partial charge in [0.2, 0.25) is 0 Å². The van der Waals surface area contributed by atoms with Gasteiger partial charge in [-0.05, 0) is 6.42 Å². The van der Waals surface area contributed by atoms with Gasteiger partial charge in [0.1, 0.15) is 5.60 Å². The molecular formula is C10H16F2O4. The van der Waals surface area contributed by atoms with E-state index in [4.69, 9.17) is 9.84 Å². The summed E-state index contributed by atoms with van der Waals surface area (Å²) in [5.41, 5.74) is -2.49. The molecule has 4 nitrogen and oxygen atoms in total. The fourth-order valence-electron chi connectivity index (χ4n) is 1.92. The van der Waals surface area contributed by atoms with Gasteiger partial charge in [-0.3, -0.25) is 0 Å². The number of rotatable bonds is 4. The molecule has 0 aromatic rings. The number of carboxylic acids is 1. The number of alkyl halides is 2. The van der Waals surface area contributed by atoms with Crippen molar-refractivity contribution in [2.24, 2.45) is 0 Å². The number of carboxylic acid groups (broad SMARTS) is 1. The van der Waals surface area contributed by atoms with E-state index in [1.807, 2.05) is 6.92 Å². The summed E-state index contributed by atoms with van der Waals surface area (Å²) in [7, 11) is 0. The van der Waals surface area contributed by atoms with E-state index in [2.05, 4.69) is 0 Å². The van der Waals surface area contributed by atoms with Gasteiger partial charge in [0, 0.05) is 19.4 Å². The second-order valence-electron chi connectivity index (χ2n) is 4.15. The summed E-state index contributed by atoms with van der Waals surface area (Å²) in [5.74, 6) is -6.41. The van der Waals surface area contributed by atoms with Crippen molar-refractivity contribution in [2.45, 2.75) is 50.2 Å². The summed E-state index contributed by atoms with van der Waals surface area (Å²) in [5, 5.41) is 18.2. The van der Waals surface area contributed by atoms with Gasteiger partial charge in [-0.25, -0.2) is 4.79 Å². The number of halogens is 2. The summed E-state index contributed by atoms with van der Waals surface area (Å²) in [6.45, 7) is 1.83. The summed E-state index contributed by atoms with van der Waals surface area (Å²) in [6.07, 6.45) is 0.0957. The first-order valence-corrected chi connectivity index (χ1v) is 5.28. The van der Waals surface area contributed by atoms with Crippen LogP contribution in [-0.4, -0.2) is 40.4 Å². The lowest BCUT2D eigenvalue weighted by Gasteiger charge is -2.39. The minimum atomic E-state index is -4.12. The Morgan fingerprint density at radius 1 is 1.62 bits per heavy atom. The third-order valence-electron chi connectivity index (χ3n) is 2.90. The first-order valence-electron chi connectivity index (χ1n) is 5.28. The normalized spacial score (nSPS) is 31.4. The predicted molar refractivity (Wildman–Crippen MR) is 51.4 cm³/mol. The van der Waals surface area contributed by atoms with Gasteiger partial charge in [0.05, 0.1) is 6.10 Å². The quantitative estimate of drug-likeness (QED) is 0.777. The number of carbonyl (C=O) groups is 1. The highest BCUT2D eigenvalue weighted by Gasteiger charge is 2.60. The van der Waals surface area contributed by atoms with Crippen LogP contribution in [0, 0.1) is 0 Å². The maximum absolute atomic E-state index is 13.3. The maximum atomic E-state index is 13.3. The zero-order chi connectivity index (χ0) is 12.4. The second kappa shape index (κ2) is 4.63. The number of aliphatic hydroxyl groups is 1. The first kappa shape index (κ1) is 13.3. The number of ether oxygens (including phenoxy) is 1. The van der Waals surface area contributed by atoms with E-state index in [-0.39, 0.29) is 19.4 Å². The van der Waals surface area contributed by atoms with Crippen LogP contribution in [0.3, 0.4) is 0 Å². The molecule has 0 bridgehead atoms. The summed E-state index contributed by atoms with van der Waals surface area (Å²) in [4.78, 5) is 10.4. The SMILES string of the molecule is CCCC1CC(O)(C(F)(F)C(=O)O)CCO1. The molecule has 16 heavy (non-hydrogen) atoms. The minimum absolute atomic E-state index is 0.0377. The lowest BCUT2D eigenvalue weighted by Crippen LogP contribution is -2.57. The highest BCUT2D eigenvalue weighted by molar-refractivity contribution is 5.77. The largest absolute Gasteiger partial charge is 0.477 e. The third kappa shape index (κ3) is 2.32. The third-order valence-corrected chi connectivity index (χ3v) is 2.90. The minimum Gasteiger partial charge on any atom is -0.477 e. The lowest BCUT2D eigenvalue weighted by molar-refractivity contribution is -0.234. The van der Waals surface area contributed by atoms with Crippen LogP contribution in [0.5, 0.6) is 0 Å². The Kier molecular flexibility index (Phi) is 3.85. The molecule has 1 heterocycles. The van der Waals surface area contributed by atoms with Crippen molar-refractivity contribution in [3.63, 3.8) is 0 Å². The molecule has 1 fully saturated rings. The van der Waals surface area contributed by atoms with Crippen LogP contribution in [0.4, 0.5) is 8.78 Å². The van der Waals surface area contributed by atoms with Gasteiger partial charge < -0.3 is 14.9 Å². The molecule has 0 saturated carbocycles. The molecule has 2 N–H and O–H groups in total. The van der Waals surface area contributed by atoms with Gasteiger partial charge in [0.25, 0.3) is 0 Å². The van der Waals surface area contributed by atoms with E-state index in [1.165, 1.54) is 0 Å². The summed E-state index contributed by atoms with van der Waals surface area (Å²) >= 11 is 0. The number of aliphatic carboxylic acids is 1. The van der Waals surface area contributed by atoms with E-state index in [9.17, 15) is 18.7 Å². The molecule has 1 aliphatic rings. The molecule has 6 heteroatoms. The van der Waals surface area contributed by atoms with Crippen LogP contribution in [-0.2, 0) is 9.53 Å². The van der Waals surface area contributed by atoms with Crippen molar-refractivity contribution in [2.75, 3.05) is 6.61 Å². The standard InChI is InChI=1S/C10H16F2O4/c1-2-3-7-6-9(15,4-5-16-7)10(11,12)8(13)14/h7,15H,2-6H2,1H3,(H,13,14). The molecule has 1 aliphatic heterocycles. The molecule has 0 radical (unpaired) electrons. The summed E-state index contributed by atoms with van der Waals surface area (Å²) in [6, 6.07) is 0. The number of hydrogen-bond donors (Lipinski definition) is 2. The first-order chi connectivity index (χ1) is 7.33. The highest BCUT2D eigenvalue weighted by atomic mass is 19.3. The topological polar surface area (TPSA) is 66.8 Å². The Labute approximate surface area is 92.2 Å². The molecule has 0 aliphatic carbocycles. The fraction of sp³-hybridized carbons (Fsp3) is 0.900. The van der Waals surface area contributed by atoms with Crippen molar-refractivity contribution in [1.29, 1.82) is 0 Å². The van der Waals surface area contributed by atoms with Crippen molar-refractivity contribution in [3.05, 3.63) is 0 Å². The molecule has 1 saturated heterocycles. The number of hydrogen-bond acceptors (Lipinski definition) is 3. The summed E-state index contributed by atoms with van der Waals surface area (Å²) < 4.78 is 31.9. The monoisotopic (exact) mass is 238 g/mol. The van der Waals surface area contributed by atoms with Gasteiger partial charge in [-0.2, -0.15) is 8.78 Å². The van der Waals surface area contributed by atoms with E-state index in [1.54, 1.807) is 0 Å². The van der Waals surface area contributed by atoms with Crippen LogP contribution >= 0.6 is 0 Å². The average Bonchev–Trinajstić information content (AvgIpc) is 2.17. The van der Waals surface area contributed by atoms with E-state index in [0.29, 0.717) is 6.42 Å². The van der Waals surface area contributed by atoms with Crippen molar-refractivity contribution in [3.8, 4) is 0 Å². The Morgan fingerprint density at radius 3 is 2.75 bits per heavy atom. The Bertz CT molecular complexity index is 268. The van der Waals surface area contributed by atoms with Crippen LogP contribution in [0.2, 0.25) is 0 Å². The second-order valence-corrected chi connectivity index (χ2v) is 4.15. The van der Waals surface area contributed by atoms with E-state index < -0.39 is 23.6 Å². The maximum Gasteiger partial charge on any atom is 0.377 e. The molecular weight excluding hydrogens is 222 g/mol. The molecule has 0 aromatic carbocycles. The average molecular weight is 238 g/mol. The van der Waals surface area contributed by atoms with Gasteiger partial charge in [0.15, 0.2) is 0 Å². The van der Waals surface area contributed by atoms with Gasteiger partial charge in [-0.15, -0.1) is 0 Å². The predicted octanol–water partition coefficient (Wildman–Crippen LogP) is 1.42. The van der Waals surface area contributed by atoms with Crippen molar-refractivity contribution in [1.82, 2.24) is 0 Å². The highest BCUT2D eigenvalue weighted by Crippen LogP contribution is 2.39. The smallest absolute Gasteiger partial charge is 0.377 e. The Morgan fingerprint density at radius 2 is 2.25 bits per heavy atom. The van der Waals surface area contributed by atoms with Gasteiger partial charge in [-0.1, -0.05) is 13.3 Å². The fourth-order valence-corrected chi connectivity index (χ4v) is 1.92. The zero-order valence-corrected chi connectivity index (χ0v) is 9.08. The van der Waals surface area contributed by atoms with Crippen LogP contribution < -0.4 is 0 Å². The van der Waals surface area contributed by atoms with E-state index >= 15 is 0 Å². The molecule has 0 spiro atoms. The molecule has 94 valence electrons. The van der Waals surface area contributed by atoms with Gasteiger partial charge >= 0.3 is 11.9 Å². The lowest BCUT2D eigenvalue weighted by atomic mass is 9.83. The molecule has 0 amide bonds. The van der Waals surface area contributed by atoms with Crippen LogP contribution in [0.1, 0.15) is 32.6 Å². The van der Waals surface area contributed by atoms with E-state index in [0.717, 1.165) is 6.42 Å². The molecule has 1 rings (SSSR count). The van der Waals surface area contributed by atoms with Crippen molar-refractivity contribution >= 4 is 5.97 Å². The van der Waals surface area contributed by atoms with Crippen LogP contribution in [0.25, 0.3) is 0 Å². The Balaban J connectivity index is 2.80. The van der Waals surface area contributed by atoms with Crippen LogP contribution in [0.15, 0.2) is 0 Å². The van der Waals surface area contributed by atoms with Crippen molar-refractivity contribution < 1.29 is 28.5 Å². The molecule has 2 unspecified atom stereocenters. The molecule has 2 atom stereocenters.